The minimum atomic E-state index is 0.302. The van der Waals surface area contributed by atoms with Gasteiger partial charge in [0, 0.05) is 45.0 Å². The topological polar surface area (TPSA) is 26.8 Å². The van der Waals surface area contributed by atoms with Crippen LogP contribution in [0.2, 0.25) is 0 Å². The SMILES string of the molecule is Cc1ccc(CN2CCCN(C(=O)CSCCN(C)C)CC2)cc1. The molecule has 5 heteroatoms. The van der Waals surface area contributed by atoms with E-state index in [4.69, 9.17) is 0 Å². The van der Waals surface area contributed by atoms with E-state index in [0.29, 0.717) is 11.7 Å². The Kier molecular flexibility index (Phi) is 8.09. The van der Waals surface area contributed by atoms with Crippen LogP contribution >= 0.6 is 11.8 Å². The summed E-state index contributed by atoms with van der Waals surface area (Å²) in [5.41, 5.74) is 2.66. The highest BCUT2D eigenvalue weighted by Gasteiger charge is 2.19. The average Bonchev–Trinajstić information content (AvgIpc) is 2.79. The fourth-order valence-electron chi connectivity index (χ4n) is 2.83. The lowest BCUT2D eigenvalue weighted by atomic mass is 10.1. The Morgan fingerprint density at radius 2 is 1.88 bits per heavy atom. The van der Waals surface area contributed by atoms with Crippen LogP contribution < -0.4 is 0 Å². The Balaban J connectivity index is 1.73. The molecular formula is C19H31N3OS. The van der Waals surface area contributed by atoms with Crippen LogP contribution in [0.3, 0.4) is 0 Å². The molecule has 0 unspecified atom stereocenters. The summed E-state index contributed by atoms with van der Waals surface area (Å²) in [5.74, 6) is 1.94. The van der Waals surface area contributed by atoms with Gasteiger partial charge in [0.05, 0.1) is 5.75 Å². The van der Waals surface area contributed by atoms with Crippen LogP contribution in [0.4, 0.5) is 0 Å². The monoisotopic (exact) mass is 349 g/mol. The summed E-state index contributed by atoms with van der Waals surface area (Å²) in [6.45, 7) is 7.95. The zero-order chi connectivity index (χ0) is 17.4. The van der Waals surface area contributed by atoms with Crippen molar-refractivity contribution in [3.05, 3.63) is 35.4 Å². The van der Waals surface area contributed by atoms with Crippen molar-refractivity contribution in [1.29, 1.82) is 0 Å². The molecule has 1 heterocycles. The summed E-state index contributed by atoms with van der Waals surface area (Å²) in [7, 11) is 4.14. The third kappa shape index (κ3) is 6.83. The molecule has 134 valence electrons. The fourth-order valence-corrected chi connectivity index (χ4v) is 3.82. The number of amides is 1. The summed E-state index contributed by atoms with van der Waals surface area (Å²) in [6.07, 6.45) is 1.07. The molecular weight excluding hydrogens is 318 g/mol. The fraction of sp³-hybridized carbons (Fsp3) is 0.632. The van der Waals surface area contributed by atoms with E-state index in [1.54, 1.807) is 11.8 Å². The highest BCUT2D eigenvalue weighted by molar-refractivity contribution is 7.99. The molecule has 1 aromatic carbocycles. The third-order valence-electron chi connectivity index (χ3n) is 4.38. The number of aryl methyl sites for hydroxylation is 1. The van der Waals surface area contributed by atoms with Crippen molar-refractivity contribution in [1.82, 2.24) is 14.7 Å². The highest BCUT2D eigenvalue weighted by Crippen LogP contribution is 2.11. The van der Waals surface area contributed by atoms with Crippen LogP contribution in [0.5, 0.6) is 0 Å². The second-order valence-corrected chi connectivity index (χ2v) is 7.96. The van der Waals surface area contributed by atoms with Gasteiger partial charge >= 0.3 is 0 Å². The predicted molar refractivity (Wildman–Crippen MR) is 104 cm³/mol. The molecule has 0 aromatic heterocycles. The predicted octanol–water partition coefficient (Wildman–Crippen LogP) is 2.32. The smallest absolute Gasteiger partial charge is 0.232 e. The molecule has 24 heavy (non-hydrogen) atoms. The first-order chi connectivity index (χ1) is 11.5. The minimum Gasteiger partial charge on any atom is -0.341 e. The first-order valence-electron chi connectivity index (χ1n) is 8.83. The van der Waals surface area contributed by atoms with Crippen LogP contribution in [0, 0.1) is 6.92 Å². The summed E-state index contributed by atoms with van der Waals surface area (Å²) >= 11 is 1.75. The number of nitrogens with zero attached hydrogens (tertiary/aromatic N) is 3. The molecule has 0 radical (unpaired) electrons. The lowest BCUT2D eigenvalue weighted by Gasteiger charge is -2.22. The van der Waals surface area contributed by atoms with E-state index in [0.717, 1.165) is 51.4 Å². The van der Waals surface area contributed by atoms with E-state index in [2.05, 4.69) is 60.0 Å². The molecule has 0 bridgehead atoms. The molecule has 0 saturated carbocycles. The van der Waals surface area contributed by atoms with Gasteiger partial charge in [0.15, 0.2) is 0 Å². The van der Waals surface area contributed by atoms with Crippen molar-refractivity contribution in [2.75, 3.05) is 58.3 Å². The first kappa shape index (κ1) is 19.3. The number of hydrogen-bond donors (Lipinski definition) is 0. The largest absolute Gasteiger partial charge is 0.341 e. The molecule has 1 aliphatic heterocycles. The number of rotatable bonds is 7. The molecule has 0 atom stereocenters. The maximum atomic E-state index is 12.4. The molecule has 1 aliphatic rings. The van der Waals surface area contributed by atoms with Crippen LogP contribution in [0.15, 0.2) is 24.3 Å². The maximum Gasteiger partial charge on any atom is 0.232 e. The van der Waals surface area contributed by atoms with E-state index in [-0.39, 0.29) is 0 Å². The molecule has 1 saturated heterocycles. The Labute approximate surface area is 151 Å². The van der Waals surface area contributed by atoms with Gasteiger partial charge in [0.2, 0.25) is 5.91 Å². The Hall–Kier alpha value is -1.04. The summed E-state index contributed by atoms with van der Waals surface area (Å²) in [5, 5.41) is 0. The van der Waals surface area contributed by atoms with Crippen molar-refractivity contribution < 1.29 is 4.79 Å². The minimum absolute atomic E-state index is 0.302. The number of thioether (sulfide) groups is 1. The van der Waals surface area contributed by atoms with Gasteiger partial charge in [-0.05, 0) is 33.0 Å². The molecule has 2 rings (SSSR count). The normalized spacial score (nSPS) is 16.4. The number of carbonyl (C=O) groups excluding carboxylic acids is 1. The van der Waals surface area contributed by atoms with Gasteiger partial charge in [-0.25, -0.2) is 0 Å². The first-order valence-corrected chi connectivity index (χ1v) is 9.98. The Bertz CT molecular complexity index is 504. The van der Waals surface area contributed by atoms with Crippen molar-refractivity contribution in [3.8, 4) is 0 Å². The second kappa shape index (κ2) is 10.1. The van der Waals surface area contributed by atoms with Crippen molar-refractivity contribution in [3.63, 3.8) is 0 Å². The van der Waals surface area contributed by atoms with Crippen LogP contribution in [0.25, 0.3) is 0 Å². The van der Waals surface area contributed by atoms with Crippen molar-refractivity contribution >= 4 is 17.7 Å². The van der Waals surface area contributed by atoms with Crippen molar-refractivity contribution in [2.24, 2.45) is 0 Å². The van der Waals surface area contributed by atoms with Gasteiger partial charge in [-0.1, -0.05) is 29.8 Å². The van der Waals surface area contributed by atoms with E-state index in [1.165, 1.54) is 11.1 Å². The summed E-state index contributed by atoms with van der Waals surface area (Å²) < 4.78 is 0. The molecule has 1 fully saturated rings. The summed E-state index contributed by atoms with van der Waals surface area (Å²) in [4.78, 5) is 19.1. The highest BCUT2D eigenvalue weighted by atomic mass is 32.2. The lowest BCUT2D eigenvalue weighted by molar-refractivity contribution is -0.128. The Morgan fingerprint density at radius 1 is 1.12 bits per heavy atom. The average molecular weight is 350 g/mol. The van der Waals surface area contributed by atoms with Crippen molar-refractivity contribution in [2.45, 2.75) is 19.9 Å². The zero-order valence-corrected chi connectivity index (χ0v) is 16.1. The second-order valence-electron chi connectivity index (χ2n) is 6.85. The van der Waals surface area contributed by atoms with Gasteiger partial charge in [-0.3, -0.25) is 9.69 Å². The molecule has 4 nitrogen and oxygen atoms in total. The van der Waals surface area contributed by atoms with E-state index >= 15 is 0 Å². The Morgan fingerprint density at radius 3 is 2.58 bits per heavy atom. The number of hydrogen-bond acceptors (Lipinski definition) is 4. The van der Waals surface area contributed by atoms with Gasteiger partial charge in [-0.2, -0.15) is 11.8 Å². The van der Waals surface area contributed by atoms with Gasteiger partial charge in [-0.15, -0.1) is 0 Å². The number of benzene rings is 1. The zero-order valence-electron chi connectivity index (χ0n) is 15.3. The van der Waals surface area contributed by atoms with Crippen LogP contribution in [-0.2, 0) is 11.3 Å². The molecule has 0 spiro atoms. The lowest BCUT2D eigenvalue weighted by Crippen LogP contribution is -2.36. The summed E-state index contributed by atoms with van der Waals surface area (Å²) in [6, 6.07) is 8.77. The molecule has 0 aliphatic carbocycles. The van der Waals surface area contributed by atoms with Gasteiger partial charge in [0.25, 0.3) is 0 Å². The standard InChI is InChI=1S/C19H31N3OS/c1-17-5-7-18(8-6-17)15-21-9-4-10-22(12-11-21)19(23)16-24-14-13-20(2)3/h5-8H,4,9-16H2,1-3H3. The molecule has 1 amide bonds. The third-order valence-corrected chi connectivity index (χ3v) is 5.30. The maximum absolute atomic E-state index is 12.4. The van der Waals surface area contributed by atoms with Crippen LogP contribution in [-0.4, -0.2) is 78.9 Å². The van der Waals surface area contributed by atoms with Gasteiger partial charge in [0.1, 0.15) is 0 Å². The molecule has 1 aromatic rings. The van der Waals surface area contributed by atoms with E-state index < -0.39 is 0 Å². The van der Waals surface area contributed by atoms with E-state index in [9.17, 15) is 4.79 Å². The van der Waals surface area contributed by atoms with Gasteiger partial charge < -0.3 is 9.80 Å². The molecule has 0 N–H and O–H groups in total. The van der Waals surface area contributed by atoms with Crippen LogP contribution in [0.1, 0.15) is 17.5 Å². The number of carbonyl (C=O) groups is 1. The van der Waals surface area contributed by atoms with E-state index in [1.807, 2.05) is 0 Å². The quantitative estimate of drug-likeness (QED) is 0.706.